The predicted octanol–water partition coefficient (Wildman–Crippen LogP) is 6.50. The minimum atomic E-state index is -1.34. The van der Waals surface area contributed by atoms with Crippen molar-refractivity contribution in [3.63, 3.8) is 0 Å². The fourth-order valence-corrected chi connectivity index (χ4v) is 3.37. The van der Waals surface area contributed by atoms with E-state index in [0.29, 0.717) is 12.8 Å². The highest BCUT2D eigenvalue weighted by molar-refractivity contribution is 6.68. The van der Waals surface area contributed by atoms with Gasteiger partial charge in [0.25, 0.3) is 0 Å². The van der Waals surface area contributed by atoms with E-state index >= 15 is 0 Å². The van der Waals surface area contributed by atoms with Crippen molar-refractivity contribution in [1.29, 1.82) is 0 Å². The van der Waals surface area contributed by atoms with Gasteiger partial charge in [0.1, 0.15) is 0 Å². The number of hydrogen-bond donors (Lipinski definition) is 0. The van der Waals surface area contributed by atoms with Crippen molar-refractivity contribution in [2.45, 2.75) is 44.0 Å². The molecular formula is C8H10Cl8. The first-order chi connectivity index (χ1) is 6.99. The molecule has 98 valence electrons. The normalized spacial score (nSPS) is 17.2. The number of halogens is 8. The first-order valence-electron chi connectivity index (χ1n) is 4.41. The van der Waals surface area contributed by atoms with Gasteiger partial charge in [-0.15, -0.1) is 23.2 Å². The van der Waals surface area contributed by atoms with Crippen molar-refractivity contribution in [1.82, 2.24) is 0 Å². The summed E-state index contributed by atoms with van der Waals surface area (Å²) >= 11 is 45.5. The Balaban J connectivity index is 3.80. The lowest BCUT2D eigenvalue weighted by atomic mass is 10.1. The monoisotopic (exact) mass is 386 g/mol. The molecule has 0 nitrogen and oxygen atoms in total. The third kappa shape index (κ3) is 12.8. The predicted molar refractivity (Wildman–Crippen MR) is 78.3 cm³/mol. The Labute approximate surface area is 136 Å². The summed E-state index contributed by atoms with van der Waals surface area (Å²) in [5.41, 5.74) is 0. The maximum atomic E-state index is 5.97. The topological polar surface area (TPSA) is 0 Å². The lowest BCUT2D eigenvalue weighted by Gasteiger charge is -2.19. The van der Waals surface area contributed by atoms with Crippen LogP contribution < -0.4 is 0 Å². The summed E-state index contributed by atoms with van der Waals surface area (Å²) in [5, 5.41) is -0.520. The third-order valence-electron chi connectivity index (χ3n) is 1.70. The van der Waals surface area contributed by atoms with E-state index in [9.17, 15) is 0 Å². The van der Waals surface area contributed by atoms with Crippen LogP contribution in [0.25, 0.3) is 0 Å². The quantitative estimate of drug-likeness (QED) is 0.471. The van der Waals surface area contributed by atoms with Gasteiger partial charge in [-0.2, -0.15) is 0 Å². The van der Waals surface area contributed by atoms with Crippen molar-refractivity contribution in [3.8, 4) is 0 Å². The molecule has 2 atom stereocenters. The van der Waals surface area contributed by atoms with Crippen LogP contribution in [-0.4, -0.2) is 18.3 Å². The molecule has 0 N–H and O–H groups in total. The average Bonchev–Trinajstić information content (AvgIpc) is 1.94. The molecule has 0 rings (SSSR count). The lowest BCUT2D eigenvalue weighted by Crippen LogP contribution is -2.16. The second-order valence-corrected chi connectivity index (χ2v) is 9.68. The third-order valence-corrected chi connectivity index (χ3v) is 3.37. The van der Waals surface area contributed by atoms with Crippen LogP contribution in [0.4, 0.5) is 0 Å². The van der Waals surface area contributed by atoms with Crippen LogP contribution in [-0.2, 0) is 0 Å². The molecule has 0 aliphatic rings. The standard InChI is InChI=1S/C8H10Cl8/c9-5(3-7(11,12)13)1-2-6(10)4-8(14,15)16/h5-6H,1-4H2/t5-,6-/m1/s1. The lowest BCUT2D eigenvalue weighted by molar-refractivity contribution is 0.614. The summed E-state index contributed by atoms with van der Waals surface area (Å²) in [5.74, 6) is 0. The number of rotatable bonds is 5. The second-order valence-electron chi connectivity index (χ2n) is 3.41. The Morgan fingerprint density at radius 2 is 0.875 bits per heavy atom. The molecule has 0 aliphatic carbocycles. The fraction of sp³-hybridized carbons (Fsp3) is 1.00. The Morgan fingerprint density at radius 3 is 1.06 bits per heavy atom. The molecule has 0 aromatic heterocycles. The van der Waals surface area contributed by atoms with Gasteiger partial charge in [0, 0.05) is 23.6 Å². The molecule has 0 spiro atoms. The Hall–Kier alpha value is 2.32. The summed E-state index contributed by atoms with van der Waals surface area (Å²) in [6.07, 6.45) is 1.72. The largest absolute Gasteiger partial charge is 0.192 e. The van der Waals surface area contributed by atoms with Gasteiger partial charge in [-0.1, -0.05) is 69.6 Å². The molecule has 0 bridgehead atoms. The van der Waals surface area contributed by atoms with Crippen LogP contribution in [0.5, 0.6) is 0 Å². The summed E-state index contributed by atoms with van der Waals surface area (Å²) in [6.45, 7) is 0. The molecule has 0 radical (unpaired) electrons. The smallest absolute Gasteiger partial charge is 0.123 e. The number of hydrogen-bond acceptors (Lipinski definition) is 0. The minimum absolute atomic E-state index is 0.260. The maximum Gasteiger partial charge on any atom is 0.192 e. The maximum absolute atomic E-state index is 5.97. The fourth-order valence-electron chi connectivity index (χ4n) is 1.07. The minimum Gasteiger partial charge on any atom is -0.123 e. The molecule has 0 aromatic carbocycles. The van der Waals surface area contributed by atoms with Gasteiger partial charge in [-0.25, -0.2) is 0 Å². The van der Waals surface area contributed by atoms with Crippen LogP contribution in [0.3, 0.4) is 0 Å². The zero-order chi connectivity index (χ0) is 13.0. The zero-order valence-corrected chi connectivity index (χ0v) is 14.1. The van der Waals surface area contributed by atoms with Gasteiger partial charge in [-0.3, -0.25) is 0 Å². The average molecular weight is 390 g/mol. The molecule has 16 heavy (non-hydrogen) atoms. The molecule has 0 aromatic rings. The van der Waals surface area contributed by atoms with Crippen molar-refractivity contribution in [2.24, 2.45) is 0 Å². The van der Waals surface area contributed by atoms with E-state index in [4.69, 9.17) is 92.8 Å². The molecule has 0 amide bonds. The van der Waals surface area contributed by atoms with Gasteiger partial charge in [-0.05, 0) is 12.8 Å². The molecule has 0 unspecified atom stereocenters. The van der Waals surface area contributed by atoms with Crippen molar-refractivity contribution in [2.75, 3.05) is 0 Å². The zero-order valence-electron chi connectivity index (χ0n) is 8.01. The van der Waals surface area contributed by atoms with E-state index in [0.717, 1.165) is 0 Å². The van der Waals surface area contributed by atoms with E-state index in [2.05, 4.69) is 0 Å². The van der Waals surface area contributed by atoms with Crippen LogP contribution in [0.15, 0.2) is 0 Å². The highest BCUT2D eigenvalue weighted by atomic mass is 35.6. The summed E-state index contributed by atoms with van der Waals surface area (Å²) in [6, 6.07) is 0. The second kappa shape index (κ2) is 7.80. The van der Waals surface area contributed by atoms with E-state index in [1.807, 2.05) is 0 Å². The highest BCUT2D eigenvalue weighted by Crippen LogP contribution is 2.37. The van der Waals surface area contributed by atoms with Gasteiger partial charge in [0.15, 0.2) is 7.59 Å². The molecule has 0 aliphatic heterocycles. The number of alkyl halides is 8. The first kappa shape index (κ1) is 18.3. The Morgan fingerprint density at radius 1 is 0.625 bits per heavy atom. The van der Waals surface area contributed by atoms with Gasteiger partial charge >= 0.3 is 0 Å². The van der Waals surface area contributed by atoms with Crippen LogP contribution in [0.1, 0.15) is 25.7 Å². The molecule has 0 saturated heterocycles. The van der Waals surface area contributed by atoms with E-state index in [1.165, 1.54) is 0 Å². The van der Waals surface area contributed by atoms with Gasteiger partial charge in [0.2, 0.25) is 0 Å². The summed E-state index contributed by atoms with van der Waals surface area (Å²) in [4.78, 5) is 0. The van der Waals surface area contributed by atoms with Crippen molar-refractivity contribution < 1.29 is 0 Å². The molecule has 0 heterocycles. The van der Waals surface area contributed by atoms with E-state index in [1.54, 1.807) is 0 Å². The Kier molecular flexibility index (Phi) is 8.93. The van der Waals surface area contributed by atoms with Crippen LogP contribution in [0, 0.1) is 0 Å². The van der Waals surface area contributed by atoms with Crippen molar-refractivity contribution in [3.05, 3.63) is 0 Å². The molecular weight excluding hydrogens is 380 g/mol. The van der Waals surface area contributed by atoms with Crippen molar-refractivity contribution >= 4 is 92.8 Å². The molecule has 8 heteroatoms. The summed E-state index contributed by atoms with van der Waals surface area (Å²) in [7, 11) is 0. The molecule has 0 saturated carbocycles. The molecule has 0 fully saturated rings. The van der Waals surface area contributed by atoms with Gasteiger partial charge in [0.05, 0.1) is 0 Å². The highest BCUT2D eigenvalue weighted by Gasteiger charge is 2.27. The SMILES string of the molecule is Cl[C@H](CC[C@@H](Cl)CC(Cl)(Cl)Cl)CC(Cl)(Cl)Cl. The van der Waals surface area contributed by atoms with E-state index < -0.39 is 7.59 Å². The van der Waals surface area contributed by atoms with Crippen LogP contribution in [0.2, 0.25) is 0 Å². The van der Waals surface area contributed by atoms with E-state index in [-0.39, 0.29) is 23.6 Å². The first-order valence-corrected chi connectivity index (χ1v) is 7.55. The Bertz CT molecular complexity index is 171. The van der Waals surface area contributed by atoms with Gasteiger partial charge < -0.3 is 0 Å². The van der Waals surface area contributed by atoms with Crippen LogP contribution >= 0.6 is 92.8 Å². The summed E-state index contributed by atoms with van der Waals surface area (Å²) < 4.78 is -2.69.